The van der Waals surface area contributed by atoms with Crippen LogP contribution in [0.5, 0.6) is 0 Å². The molecule has 0 aromatic heterocycles. The van der Waals surface area contributed by atoms with Crippen molar-refractivity contribution in [3.8, 4) is 0 Å². The Labute approximate surface area is 82.6 Å². The third-order valence-electron chi connectivity index (χ3n) is 1.52. The molecule has 0 spiro atoms. The standard InChI is InChI=1S/C8H14ClNO3/c1-3-4-6(8(12)13-2)10-7(11)5-9/h6H,3-5H2,1-2H3,(H,10,11)/t6-/m1/s1. The van der Waals surface area contributed by atoms with Crippen molar-refractivity contribution >= 4 is 23.5 Å². The minimum absolute atomic E-state index is 0.142. The van der Waals surface area contributed by atoms with E-state index in [9.17, 15) is 9.59 Å². The smallest absolute Gasteiger partial charge is 0.328 e. The minimum Gasteiger partial charge on any atom is -0.467 e. The molecule has 0 aliphatic carbocycles. The van der Waals surface area contributed by atoms with E-state index in [4.69, 9.17) is 11.6 Å². The highest BCUT2D eigenvalue weighted by Gasteiger charge is 2.19. The van der Waals surface area contributed by atoms with E-state index in [2.05, 4.69) is 10.1 Å². The molecule has 0 fully saturated rings. The van der Waals surface area contributed by atoms with Gasteiger partial charge in [-0.2, -0.15) is 0 Å². The molecule has 5 heteroatoms. The normalized spacial score (nSPS) is 11.9. The largest absolute Gasteiger partial charge is 0.467 e. The number of methoxy groups -OCH3 is 1. The van der Waals surface area contributed by atoms with E-state index in [1.807, 2.05) is 6.92 Å². The first-order chi connectivity index (χ1) is 6.15. The Hall–Kier alpha value is -0.770. The van der Waals surface area contributed by atoms with Crippen molar-refractivity contribution in [1.29, 1.82) is 0 Å². The number of carbonyl (C=O) groups is 2. The second-order valence-electron chi connectivity index (χ2n) is 2.57. The Morgan fingerprint density at radius 3 is 2.54 bits per heavy atom. The van der Waals surface area contributed by atoms with Gasteiger partial charge >= 0.3 is 5.97 Å². The molecule has 0 aliphatic rings. The number of carbonyl (C=O) groups excluding carboxylic acids is 2. The van der Waals surface area contributed by atoms with Gasteiger partial charge in [-0.15, -0.1) is 11.6 Å². The highest BCUT2D eigenvalue weighted by Crippen LogP contribution is 1.98. The molecule has 0 aliphatic heterocycles. The zero-order valence-corrected chi connectivity index (χ0v) is 8.56. The lowest BCUT2D eigenvalue weighted by Crippen LogP contribution is -2.41. The Morgan fingerprint density at radius 2 is 2.15 bits per heavy atom. The minimum atomic E-state index is -0.568. The summed E-state index contributed by atoms with van der Waals surface area (Å²) in [5.74, 6) is -0.928. The van der Waals surface area contributed by atoms with Crippen LogP contribution < -0.4 is 5.32 Å². The Morgan fingerprint density at radius 1 is 1.54 bits per heavy atom. The van der Waals surface area contributed by atoms with Crippen LogP contribution in [0.3, 0.4) is 0 Å². The molecule has 4 nitrogen and oxygen atoms in total. The van der Waals surface area contributed by atoms with Crippen molar-refractivity contribution in [2.24, 2.45) is 0 Å². The van der Waals surface area contributed by atoms with E-state index in [0.29, 0.717) is 6.42 Å². The van der Waals surface area contributed by atoms with Crippen molar-refractivity contribution in [3.63, 3.8) is 0 Å². The van der Waals surface area contributed by atoms with Crippen LogP contribution in [0.2, 0.25) is 0 Å². The molecule has 0 saturated heterocycles. The van der Waals surface area contributed by atoms with Crippen LogP contribution in [-0.4, -0.2) is 30.9 Å². The number of amides is 1. The molecule has 1 N–H and O–H groups in total. The molecule has 1 atom stereocenters. The van der Waals surface area contributed by atoms with Gasteiger partial charge in [-0.25, -0.2) is 4.79 Å². The van der Waals surface area contributed by atoms with Crippen molar-refractivity contribution in [2.45, 2.75) is 25.8 Å². The van der Waals surface area contributed by atoms with Crippen LogP contribution in [0.15, 0.2) is 0 Å². The van der Waals surface area contributed by atoms with Crippen molar-refractivity contribution in [3.05, 3.63) is 0 Å². The van der Waals surface area contributed by atoms with Crippen LogP contribution in [0, 0.1) is 0 Å². The fraction of sp³-hybridized carbons (Fsp3) is 0.750. The third kappa shape index (κ3) is 4.72. The van der Waals surface area contributed by atoms with E-state index in [1.165, 1.54) is 7.11 Å². The molecule has 76 valence electrons. The van der Waals surface area contributed by atoms with Gasteiger partial charge in [-0.05, 0) is 6.42 Å². The fourth-order valence-electron chi connectivity index (χ4n) is 0.913. The number of alkyl halides is 1. The number of ether oxygens (including phenoxy) is 1. The van der Waals surface area contributed by atoms with Gasteiger partial charge in [0.1, 0.15) is 11.9 Å². The first-order valence-electron chi connectivity index (χ1n) is 4.08. The summed E-state index contributed by atoms with van der Waals surface area (Å²) >= 11 is 5.28. The lowest BCUT2D eigenvalue weighted by atomic mass is 10.2. The highest BCUT2D eigenvalue weighted by molar-refractivity contribution is 6.27. The molecule has 0 aromatic carbocycles. The van der Waals surface area contributed by atoms with Gasteiger partial charge in [0.05, 0.1) is 7.11 Å². The summed E-state index contributed by atoms with van der Waals surface area (Å²) in [6.45, 7) is 1.92. The number of esters is 1. The molecule has 0 saturated carbocycles. The molecule has 0 aromatic rings. The molecule has 1 amide bonds. The topological polar surface area (TPSA) is 55.4 Å². The summed E-state index contributed by atoms with van der Waals surface area (Å²) in [4.78, 5) is 21.9. The third-order valence-corrected chi connectivity index (χ3v) is 1.76. The monoisotopic (exact) mass is 207 g/mol. The van der Waals surface area contributed by atoms with Gasteiger partial charge in [0.15, 0.2) is 0 Å². The van der Waals surface area contributed by atoms with Gasteiger partial charge in [0.25, 0.3) is 0 Å². The summed E-state index contributed by atoms with van der Waals surface area (Å²) < 4.78 is 4.51. The summed E-state index contributed by atoms with van der Waals surface area (Å²) in [6, 6.07) is -0.568. The second-order valence-corrected chi connectivity index (χ2v) is 2.83. The lowest BCUT2D eigenvalue weighted by molar-refractivity contribution is -0.145. The van der Waals surface area contributed by atoms with E-state index < -0.39 is 12.0 Å². The highest BCUT2D eigenvalue weighted by atomic mass is 35.5. The average molecular weight is 208 g/mol. The molecule has 0 rings (SSSR count). The molecule has 13 heavy (non-hydrogen) atoms. The summed E-state index contributed by atoms with van der Waals surface area (Å²) in [5.41, 5.74) is 0. The summed E-state index contributed by atoms with van der Waals surface area (Å²) in [5, 5.41) is 2.47. The van der Waals surface area contributed by atoms with E-state index in [-0.39, 0.29) is 11.8 Å². The summed E-state index contributed by atoms with van der Waals surface area (Å²) in [6.07, 6.45) is 1.36. The number of nitrogens with one attached hydrogen (secondary N) is 1. The fourth-order valence-corrected chi connectivity index (χ4v) is 0.990. The number of rotatable bonds is 5. The lowest BCUT2D eigenvalue weighted by Gasteiger charge is -2.14. The molecule has 0 heterocycles. The van der Waals surface area contributed by atoms with E-state index in [1.54, 1.807) is 0 Å². The first kappa shape index (κ1) is 12.2. The quantitative estimate of drug-likeness (QED) is 0.533. The SMILES string of the molecule is CCC[C@@H](NC(=O)CCl)C(=O)OC. The van der Waals surface area contributed by atoms with Gasteiger partial charge in [0, 0.05) is 0 Å². The molecule has 0 bridgehead atoms. The van der Waals surface area contributed by atoms with Crippen LogP contribution in [-0.2, 0) is 14.3 Å². The van der Waals surface area contributed by atoms with Crippen molar-refractivity contribution in [2.75, 3.05) is 13.0 Å². The maximum absolute atomic E-state index is 11.1. The maximum atomic E-state index is 11.1. The molecule has 0 unspecified atom stereocenters. The predicted molar refractivity (Wildman–Crippen MR) is 49.6 cm³/mol. The molecule has 0 radical (unpaired) electrons. The van der Waals surface area contributed by atoms with Crippen molar-refractivity contribution < 1.29 is 14.3 Å². The molecular weight excluding hydrogens is 194 g/mol. The van der Waals surface area contributed by atoms with Gasteiger partial charge < -0.3 is 10.1 Å². The van der Waals surface area contributed by atoms with Crippen LogP contribution in [0.1, 0.15) is 19.8 Å². The first-order valence-corrected chi connectivity index (χ1v) is 4.62. The Balaban J connectivity index is 4.08. The molecular formula is C8H14ClNO3. The summed E-state index contributed by atoms with van der Waals surface area (Å²) in [7, 11) is 1.29. The average Bonchev–Trinajstić information content (AvgIpc) is 2.15. The van der Waals surface area contributed by atoms with Gasteiger partial charge in [-0.1, -0.05) is 13.3 Å². The maximum Gasteiger partial charge on any atom is 0.328 e. The Bertz CT molecular complexity index is 184. The van der Waals surface area contributed by atoms with Crippen LogP contribution in [0.25, 0.3) is 0 Å². The van der Waals surface area contributed by atoms with Gasteiger partial charge in [-0.3, -0.25) is 4.79 Å². The second kappa shape index (κ2) is 6.71. The van der Waals surface area contributed by atoms with Crippen LogP contribution >= 0.6 is 11.6 Å². The number of hydrogen-bond acceptors (Lipinski definition) is 3. The van der Waals surface area contributed by atoms with E-state index >= 15 is 0 Å². The predicted octanol–water partition coefficient (Wildman–Crippen LogP) is 0.683. The van der Waals surface area contributed by atoms with Crippen molar-refractivity contribution in [1.82, 2.24) is 5.32 Å². The number of hydrogen-bond donors (Lipinski definition) is 1. The van der Waals surface area contributed by atoms with Crippen LogP contribution in [0.4, 0.5) is 0 Å². The van der Waals surface area contributed by atoms with E-state index in [0.717, 1.165) is 6.42 Å². The zero-order valence-electron chi connectivity index (χ0n) is 7.80. The van der Waals surface area contributed by atoms with Gasteiger partial charge in [0.2, 0.25) is 5.91 Å². The zero-order chi connectivity index (χ0) is 10.3. The number of halogens is 1. The Kier molecular flexibility index (Phi) is 6.32.